The van der Waals surface area contributed by atoms with Crippen LogP contribution in [0, 0.1) is 6.92 Å². The van der Waals surface area contributed by atoms with Crippen LogP contribution in [0.4, 0.5) is 18.9 Å². The summed E-state index contributed by atoms with van der Waals surface area (Å²) in [4.78, 5) is 32.2. The molecule has 0 bridgehead atoms. The summed E-state index contributed by atoms with van der Waals surface area (Å²) >= 11 is 6.91. The fourth-order valence-corrected chi connectivity index (χ4v) is 3.74. The number of aromatic nitrogens is 3. The molecule has 1 amide bonds. The number of aryl methyl sites for hydroxylation is 1. The summed E-state index contributed by atoms with van der Waals surface area (Å²) in [6, 6.07) is 4.42. The fraction of sp³-hybridized carbons (Fsp3) is 0.278. The summed E-state index contributed by atoms with van der Waals surface area (Å²) in [6.45, 7) is 3.93. The maximum Gasteiger partial charge on any atom is 0.416 e. The van der Waals surface area contributed by atoms with Gasteiger partial charge in [-0.2, -0.15) is 13.2 Å². The summed E-state index contributed by atoms with van der Waals surface area (Å²) in [5, 5.41) is 2.71. The maximum absolute atomic E-state index is 12.9. The molecule has 0 spiro atoms. The monoisotopic (exact) mass is 444 g/mol. The van der Waals surface area contributed by atoms with Gasteiger partial charge in [0.15, 0.2) is 5.16 Å². The summed E-state index contributed by atoms with van der Waals surface area (Å²) in [5.41, 5.74) is 0.347. The van der Waals surface area contributed by atoms with Crippen LogP contribution in [-0.2, 0) is 17.5 Å². The number of amides is 1. The minimum absolute atomic E-state index is 0.0100. The van der Waals surface area contributed by atoms with Crippen molar-refractivity contribution >= 4 is 46.0 Å². The number of rotatable bonds is 5. The number of halogens is 4. The summed E-state index contributed by atoms with van der Waals surface area (Å²) in [6.07, 6.45) is -4.55. The van der Waals surface area contributed by atoms with E-state index in [9.17, 15) is 22.8 Å². The third kappa shape index (κ3) is 4.59. The first-order chi connectivity index (χ1) is 13.6. The number of benzene rings is 1. The molecule has 0 saturated carbocycles. The molecule has 0 unspecified atom stereocenters. The number of fused-ring (bicyclic) bond motifs is 1. The van der Waals surface area contributed by atoms with Gasteiger partial charge >= 0.3 is 6.18 Å². The van der Waals surface area contributed by atoms with Crippen molar-refractivity contribution < 1.29 is 18.0 Å². The quantitative estimate of drug-likeness (QED) is 0.450. The van der Waals surface area contributed by atoms with Gasteiger partial charge in [0, 0.05) is 12.2 Å². The van der Waals surface area contributed by atoms with Gasteiger partial charge in [-0.15, -0.1) is 0 Å². The number of alkyl halides is 3. The van der Waals surface area contributed by atoms with E-state index in [1.165, 1.54) is 4.57 Å². The fourth-order valence-electron chi connectivity index (χ4n) is 2.71. The Morgan fingerprint density at radius 1 is 1.34 bits per heavy atom. The van der Waals surface area contributed by atoms with Crippen LogP contribution in [0.25, 0.3) is 11.0 Å². The third-order valence-electron chi connectivity index (χ3n) is 4.05. The second-order valence-corrected chi connectivity index (χ2v) is 7.54. The van der Waals surface area contributed by atoms with E-state index in [-0.39, 0.29) is 22.0 Å². The Morgan fingerprint density at radius 2 is 2.07 bits per heavy atom. The minimum atomic E-state index is -4.55. The second kappa shape index (κ2) is 8.11. The number of hydrogen-bond donors (Lipinski definition) is 2. The highest BCUT2D eigenvalue weighted by Gasteiger charge is 2.31. The molecule has 0 aliphatic rings. The van der Waals surface area contributed by atoms with Crippen molar-refractivity contribution in [2.75, 3.05) is 11.1 Å². The Balaban J connectivity index is 1.79. The number of anilines is 1. The highest BCUT2D eigenvalue weighted by Crippen LogP contribution is 2.34. The van der Waals surface area contributed by atoms with E-state index in [1.54, 1.807) is 19.9 Å². The van der Waals surface area contributed by atoms with Gasteiger partial charge in [0.2, 0.25) is 5.91 Å². The molecular weight excluding hydrogens is 429 g/mol. The van der Waals surface area contributed by atoms with Crippen molar-refractivity contribution in [3.8, 4) is 0 Å². The van der Waals surface area contributed by atoms with Crippen molar-refractivity contribution in [3.63, 3.8) is 0 Å². The number of carbonyl (C=O) groups is 1. The van der Waals surface area contributed by atoms with Crippen LogP contribution in [0.1, 0.15) is 18.2 Å². The van der Waals surface area contributed by atoms with Gasteiger partial charge in [0.1, 0.15) is 5.52 Å². The van der Waals surface area contributed by atoms with Crippen molar-refractivity contribution in [3.05, 3.63) is 50.9 Å². The van der Waals surface area contributed by atoms with E-state index in [0.29, 0.717) is 22.7 Å². The molecule has 0 radical (unpaired) electrons. The van der Waals surface area contributed by atoms with Gasteiger partial charge in [0.25, 0.3) is 5.56 Å². The zero-order chi connectivity index (χ0) is 21.3. The molecule has 11 heteroatoms. The summed E-state index contributed by atoms with van der Waals surface area (Å²) in [7, 11) is 0. The number of H-pyrrole nitrogens is 1. The van der Waals surface area contributed by atoms with Gasteiger partial charge in [-0.1, -0.05) is 23.4 Å². The van der Waals surface area contributed by atoms with Gasteiger partial charge in [-0.25, -0.2) is 4.98 Å². The molecule has 154 valence electrons. The lowest BCUT2D eigenvalue weighted by atomic mass is 10.2. The summed E-state index contributed by atoms with van der Waals surface area (Å²) in [5.74, 6) is -0.730. The molecule has 0 saturated heterocycles. The van der Waals surface area contributed by atoms with Crippen LogP contribution in [0.3, 0.4) is 0 Å². The van der Waals surface area contributed by atoms with Gasteiger partial charge in [-0.05, 0) is 38.1 Å². The standard InChI is InChI=1S/C18H16ClF3N4O2S/c1-3-26-16(28)15-13(6-9(2)23-15)25-17(26)29-8-14(27)24-12-7-10(18(20,21)22)4-5-11(12)19/h4-7,23H,3,8H2,1-2H3,(H,24,27). The van der Waals surface area contributed by atoms with E-state index in [4.69, 9.17) is 11.6 Å². The van der Waals surface area contributed by atoms with Crippen molar-refractivity contribution in [1.82, 2.24) is 14.5 Å². The molecule has 29 heavy (non-hydrogen) atoms. The molecule has 0 fully saturated rings. The Labute approximate surface area is 172 Å². The largest absolute Gasteiger partial charge is 0.416 e. The highest BCUT2D eigenvalue weighted by atomic mass is 35.5. The zero-order valence-electron chi connectivity index (χ0n) is 15.4. The first-order valence-corrected chi connectivity index (χ1v) is 9.86. The van der Waals surface area contributed by atoms with Gasteiger partial charge in [0.05, 0.1) is 27.5 Å². The molecule has 3 rings (SSSR count). The molecular formula is C18H16ClF3N4O2S. The molecule has 2 aromatic heterocycles. The number of nitrogens with zero attached hydrogens (tertiary/aromatic N) is 2. The lowest BCUT2D eigenvalue weighted by molar-refractivity contribution is -0.137. The molecule has 0 aliphatic heterocycles. The van der Waals surface area contributed by atoms with Crippen molar-refractivity contribution in [1.29, 1.82) is 0 Å². The summed E-state index contributed by atoms with van der Waals surface area (Å²) < 4.78 is 40.0. The van der Waals surface area contributed by atoms with Crippen LogP contribution < -0.4 is 10.9 Å². The highest BCUT2D eigenvalue weighted by molar-refractivity contribution is 7.99. The molecule has 0 atom stereocenters. The second-order valence-electron chi connectivity index (χ2n) is 6.19. The van der Waals surface area contributed by atoms with Crippen LogP contribution >= 0.6 is 23.4 Å². The van der Waals surface area contributed by atoms with Crippen LogP contribution in [-0.4, -0.2) is 26.2 Å². The number of nitrogens with one attached hydrogen (secondary N) is 2. The van der Waals surface area contributed by atoms with Gasteiger partial charge in [-0.3, -0.25) is 14.2 Å². The Kier molecular flexibility index (Phi) is 5.95. The SMILES string of the molecule is CCn1c(SCC(=O)Nc2cc(C(F)(F)F)ccc2Cl)nc2cc(C)[nH]c2c1=O. The van der Waals surface area contributed by atoms with E-state index >= 15 is 0 Å². The molecule has 2 heterocycles. The minimum Gasteiger partial charge on any atom is -0.353 e. The Bertz CT molecular complexity index is 1140. The average molecular weight is 445 g/mol. The van der Waals surface area contributed by atoms with Crippen LogP contribution in [0.2, 0.25) is 5.02 Å². The first kappa shape index (κ1) is 21.3. The van der Waals surface area contributed by atoms with Crippen molar-refractivity contribution in [2.24, 2.45) is 0 Å². The smallest absolute Gasteiger partial charge is 0.353 e. The zero-order valence-corrected chi connectivity index (χ0v) is 16.9. The Hall–Kier alpha value is -2.46. The van der Waals surface area contributed by atoms with E-state index in [0.717, 1.165) is 35.7 Å². The number of aromatic amines is 1. The maximum atomic E-state index is 12.9. The van der Waals surface area contributed by atoms with E-state index in [1.807, 2.05) is 0 Å². The predicted molar refractivity (Wildman–Crippen MR) is 107 cm³/mol. The van der Waals surface area contributed by atoms with Gasteiger partial charge < -0.3 is 10.3 Å². The first-order valence-electron chi connectivity index (χ1n) is 8.49. The Morgan fingerprint density at radius 3 is 2.72 bits per heavy atom. The molecule has 0 aliphatic carbocycles. The average Bonchev–Trinajstić information content (AvgIpc) is 3.01. The molecule has 1 aromatic carbocycles. The number of thioether (sulfide) groups is 1. The van der Waals surface area contributed by atoms with Crippen LogP contribution in [0.15, 0.2) is 34.2 Å². The van der Waals surface area contributed by atoms with Crippen LogP contribution in [0.5, 0.6) is 0 Å². The topological polar surface area (TPSA) is 79.8 Å². The molecule has 6 nitrogen and oxygen atoms in total. The normalized spacial score (nSPS) is 11.8. The lowest BCUT2D eigenvalue weighted by Crippen LogP contribution is -2.23. The number of carbonyl (C=O) groups excluding carboxylic acids is 1. The molecule has 3 aromatic rings. The predicted octanol–water partition coefficient (Wildman–Crippen LogP) is 4.46. The molecule has 2 N–H and O–H groups in total. The number of hydrogen-bond acceptors (Lipinski definition) is 4. The lowest BCUT2D eigenvalue weighted by Gasteiger charge is -2.12. The van der Waals surface area contributed by atoms with Crippen molar-refractivity contribution in [2.45, 2.75) is 31.7 Å². The van der Waals surface area contributed by atoms with E-state index in [2.05, 4.69) is 15.3 Å². The third-order valence-corrected chi connectivity index (χ3v) is 5.36. The van der Waals surface area contributed by atoms with E-state index < -0.39 is 17.6 Å².